The highest BCUT2D eigenvalue weighted by atomic mass is 16.6. The van der Waals surface area contributed by atoms with Gasteiger partial charge in [0.1, 0.15) is 12.7 Å². The molecule has 0 heterocycles. The van der Waals surface area contributed by atoms with Gasteiger partial charge in [0.05, 0.1) is 0 Å². The maximum Gasteiger partial charge on any atom is 0.331 e. The summed E-state index contributed by atoms with van der Waals surface area (Å²) < 4.78 is 10.9. The zero-order chi connectivity index (χ0) is 18.6. The van der Waals surface area contributed by atoms with Crippen LogP contribution in [-0.2, 0) is 19.1 Å². The summed E-state index contributed by atoms with van der Waals surface area (Å²) >= 11 is 0. The summed E-state index contributed by atoms with van der Waals surface area (Å²) in [5, 5.41) is 0. The van der Waals surface area contributed by atoms with Crippen molar-refractivity contribution >= 4 is 11.9 Å². The van der Waals surface area contributed by atoms with Crippen molar-refractivity contribution < 1.29 is 19.1 Å². The number of carbonyl (C=O) groups excluding carboxylic acids is 2. The lowest BCUT2D eigenvalue weighted by molar-refractivity contribution is -0.159. The summed E-state index contributed by atoms with van der Waals surface area (Å²) in [5.74, 6) is -0.724. The number of allylic oxidation sites excluding steroid dienone is 6. The molecule has 0 aromatic heterocycles. The van der Waals surface area contributed by atoms with Gasteiger partial charge >= 0.3 is 11.9 Å². The van der Waals surface area contributed by atoms with Crippen molar-refractivity contribution in [2.75, 3.05) is 6.61 Å². The third kappa shape index (κ3) is 9.13. The van der Waals surface area contributed by atoms with Crippen molar-refractivity contribution in [2.24, 2.45) is 11.3 Å². The molecule has 0 rings (SSSR count). The Bertz CT molecular complexity index is 508. The fourth-order valence-corrected chi connectivity index (χ4v) is 2.24. The first-order valence-electron chi connectivity index (χ1n) is 8.20. The number of ether oxygens (including phenoxy) is 2. The molecule has 0 amide bonds. The summed E-state index contributed by atoms with van der Waals surface area (Å²) in [7, 11) is 0. The molecule has 1 atom stereocenters. The van der Waals surface area contributed by atoms with E-state index in [9.17, 15) is 9.59 Å². The Morgan fingerprint density at radius 2 is 1.42 bits per heavy atom. The van der Waals surface area contributed by atoms with Crippen molar-refractivity contribution in [2.45, 2.75) is 47.6 Å². The maximum absolute atomic E-state index is 11.9. The van der Waals surface area contributed by atoms with Crippen LogP contribution >= 0.6 is 0 Å². The van der Waals surface area contributed by atoms with Gasteiger partial charge in [-0.2, -0.15) is 0 Å². The lowest BCUT2D eigenvalue weighted by Gasteiger charge is -2.35. The quantitative estimate of drug-likeness (QED) is 0.356. The summed E-state index contributed by atoms with van der Waals surface area (Å²) in [6.07, 6.45) is 12.8. The van der Waals surface area contributed by atoms with Crippen LogP contribution in [0.3, 0.4) is 0 Å². The molecule has 4 heteroatoms. The lowest BCUT2D eigenvalue weighted by Crippen LogP contribution is -2.41. The highest BCUT2D eigenvalue weighted by Crippen LogP contribution is 2.29. The van der Waals surface area contributed by atoms with Gasteiger partial charge in [-0.05, 0) is 19.8 Å². The summed E-state index contributed by atoms with van der Waals surface area (Å²) in [5.41, 5.74) is -0.498. The second-order valence-corrected chi connectivity index (χ2v) is 6.47. The highest BCUT2D eigenvalue weighted by molar-refractivity contribution is 5.83. The molecule has 0 saturated heterocycles. The van der Waals surface area contributed by atoms with Crippen LogP contribution in [-0.4, -0.2) is 24.6 Å². The van der Waals surface area contributed by atoms with Gasteiger partial charge in [0, 0.05) is 17.6 Å². The van der Waals surface area contributed by atoms with Gasteiger partial charge in [-0.25, -0.2) is 9.59 Å². The molecule has 0 radical (unpaired) electrons. The van der Waals surface area contributed by atoms with E-state index in [4.69, 9.17) is 9.47 Å². The molecule has 0 saturated carbocycles. The standard InChI is InChI=1S/C20H30O4/c1-7-9-11-13-17(21)23-15-20(5,6)19(16(3)4)24-18(22)14-12-10-8-2/h7-14,16,19H,15H2,1-6H3. The van der Waals surface area contributed by atoms with Crippen LogP contribution in [0.5, 0.6) is 0 Å². The first-order chi connectivity index (χ1) is 11.2. The van der Waals surface area contributed by atoms with Gasteiger partial charge in [-0.1, -0.05) is 64.2 Å². The Morgan fingerprint density at radius 1 is 0.917 bits per heavy atom. The number of rotatable bonds is 9. The average molecular weight is 334 g/mol. The van der Waals surface area contributed by atoms with Gasteiger partial charge < -0.3 is 9.47 Å². The van der Waals surface area contributed by atoms with Gasteiger partial charge in [0.25, 0.3) is 0 Å². The van der Waals surface area contributed by atoms with Crippen LogP contribution in [0.1, 0.15) is 41.5 Å². The number of carbonyl (C=O) groups is 2. The fourth-order valence-electron chi connectivity index (χ4n) is 2.24. The van der Waals surface area contributed by atoms with Crippen LogP contribution in [0, 0.1) is 11.3 Å². The molecule has 24 heavy (non-hydrogen) atoms. The van der Waals surface area contributed by atoms with Gasteiger partial charge in [-0.3, -0.25) is 0 Å². The first-order valence-corrected chi connectivity index (χ1v) is 8.20. The maximum atomic E-state index is 11.9. The molecule has 0 aromatic rings. The molecule has 0 aliphatic carbocycles. The molecule has 0 N–H and O–H groups in total. The molecule has 0 aromatic carbocycles. The van der Waals surface area contributed by atoms with E-state index in [-0.39, 0.29) is 18.6 Å². The van der Waals surface area contributed by atoms with Gasteiger partial charge in [0.2, 0.25) is 0 Å². The van der Waals surface area contributed by atoms with E-state index < -0.39 is 17.4 Å². The topological polar surface area (TPSA) is 52.6 Å². The van der Waals surface area contributed by atoms with Crippen molar-refractivity contribution in [3.05, 3.63) is 48.6 Å². The predicted octanol–water partition coefficient (Wildman–Crippen LogP) is 4.39. The molecule has 0 aliphatic heterocycles. The van der Waals surface area contributed by atoms with Crippen molar-refractivity contribution in [1.82, 2.24) is 0 Å². The fraction of sp³-hybridized carbons (Fsp3) is 0.500. The average Bonchev–Trinajstić information content (AvgIpc) is 2.51. The molecule has 134 valence electrons. The second kappa shape index (κ2) is 11.4. The molecule has 0 bridgehead atoms. The van der Waals surface area contributed by atoms with E-state index in [0.29, 0.717) is 0 Å². The monoisotopic (exact) mass is 334 g/mol. The summed E-state index contributed by atoms with van der Waals surface area (Å²) in [6.45, 7) is 11.7. The number of hydrogen-bond acceptors (Lipinski definition) is 4. The van der Waals surface area contributed by atoms with Crippen molar-refractivity contribution in [1.29, 1.82) is 0 Å². The van der Waals surface area contributed by atoms with Gasteiger partial charge in [0.15, 0.2) is 0 Å². The lowest BCUT2D eigenvalue weighted by atomic mass is 9.81. The Labute approximate surface area is 145 Å². The SMILES string of the molecule is CC=CC=CC(=O)OCC(C)(C)C(OC(=O)C=CC=CC)C(C)C. The normalized spacial score (nSPS) is 14.3. The van der Waals surface area contributed by atoms with Crippen LogP contribution < -0.4 is 0 Å². The molecule has 4 nitrogen and oxygen atoms in total. The van der Waals surface area contributed by atoms with E-state index in [1.807, 2.05) is 53.7 Å². The van der Waals surface area contributed by atoms with E-state index in [2.05, 4.69) is 0 Å². The largest absolute Gasteiger partial charge is 0.462 e. The zero-order valence-electron chi connectivity index (χ0n) is 15.6. The van der Waals surface area contributed by atoms with E-state index in [0.717, 1.165) is 0 Å². The first kappa shape index (κ1) is 21.9. The minimum absolute atomic E-state index is 0.0938. The highest BCUT2D eigenvalue weighted by Gasteiger charge is 2.36. The van der Waals surface area contributed by atoms with Crippen molar-refractivity contribution in [3.8, 4) is 0 Å². The van der Waals surface area contributed by atoms with E-state index in [1.54, 1.807) is 24.3 Å². The van der Waals surface area contributed by atoms with Crippen LogP contribution in [0.2, 0.25) is 0 Å². The van der Waals surface area contributed by atoms with Crippen LogP contribution in [0.25, 0.3) is 0 Å². The zero-order valence-corrected chi connectivity index (χ0v) is 15.6. The van der Waals surface area contributed by atoms with Gasteiger partial charge in [-0.15, -0.1) is 0 Å². The molecular weight excluding hydrogens is 304 g/mol. The van der Waals surface area contributed by atoms with E-state index >= 15 is 0 Å². The summed E-state index contributed by atoms with van der Waals surface area (Å²) in [6, 6.07) is 0. The van der Waals surface area contributed by atoms with Crippen LogP contribution in [0.4, 0.5) is 0 Å². The van der Waals surface area contributed by atoms with E-state index in [1.165, 1.54) is 12.2 Å². The minimum atomic E-state index is -0.498. The van der Waals surface area contributed by atoms with Crippen LogP contribution in [0.15, 0.2) is 48.6 Å². The Morgan fingerprint density at radius 3 is 1.88 bits per heavy atom. The third-order valence-electron chi connectivity index (χ3n) is 3.28. The predicted molar refractivity (Wildman–Crippen MR) is 97.4 cm³/mol. The molecule has 0 fully saturated rings. The number of hydrogen-bond donors (Lipinski definition) is 0. The molecule has 0 spiro atoms. The Balaban J connectivity index is 4.82. The third-order valence-corrected chi connectivity index (χ3v) is 3.28. The van der Waals surface area contributed by atoms with Crippen molar-refractivity contribution in [3.63, 3.8) is 0 Å². The second-order valence-electron chi connectivity index (χ2n) is 6.47. The Kier molecular flexibility index (Phi) is 10.4. The molecular formula is C20H30O4. The smallest absolute Gasteiger partial charge is 0.331 e. The Hall–Kier alpha value is -2.10. The minimum Gasteiger partial charge on any atom is -0.462 e. The molecule has 1 unspecified atom stereocenters. The molecule has 0 aliphatic rings. The number of esters is 2. The summed E-state index contributed by atoms with van der Waals surface area (Å²) in [4.78, 5) is 23.6.